The van der Waals surface area contributed by atoms with Crippen LogP contribution in [-0.4, -0.2) is 12.6 Å². The van der Waals surface area contributed by atoms with Crippen LogP contribution in [0.25, 0.3) is 0 Å². The van der Waals surface area contributed by atoms with Crippen molar-refractivity contribution < 1.29 is 9.53 Å². The first kappa shape index (κ1) is 18.1. The minimum atomic E-state index is -0.316. The zero-order valence-corrected chi connectivity index (χ0v) is 14.0. The van der Waals surface area contributed by atoms with Gasteiger partial charge in [0.25, 0.3) is 0 Å². The molecule has 0 aliphatic rings. The first-order chi connectivity index (χ1) is 12.2. The van der Waals surface area contributed by atoms with E-state index in [1.807, 2.05) is 30.3 Å². The number of anilines is 2. The number of hydrogen-bond donors (Lipinski definition) is 3. The molecule has 0 fully saturated rings. The number of para-hydroxylation sites is 1. The molecule has 2 aromatic carbocycles. The molecule has 6 nitrogen and oxygen atoms in total. The molecule has 0 bridgehead atoms. The van der Waals surface area contributed by atoms with Gasteiger partial charge in [0.15, 0.2) is 0 Å². The number of carbonyl (C=O) groups excluding carboxylic acids is 1. The highest BCUT2D eigenvalue weighted by Gasteiger charge is 2.07. The van der Waals surface area contributed by atoms with Crippen molar-refractivity contribution in [1.82, 2.24) is 5.32 Å². The number of hydrogen-bond acceptors (Lipinski definition) is 4. The molecule has 0 saturated heterocycles. The van der Waals surface area contributed by atoms with Gasteiger partial charge in [-0.05, 0) is 37.1 Å². The van der Waals surface area contributed by atoms with Crippen molar-refractivity contribution >= 4 is 17.4 Å². The summed E-state index contributed by atoms with van der Waals surface area (Å²) < 4.78 is 5.74. The van der Waals surface area contributed by atoms with Gasteiger partial charge >= 0.3 is 6.03 Å². The molecule has 0 spiro atoms. The van der Waals surface area contributed by atoms with Gasteiger partial charge in [-0.2, -0.15) is 5.26 Å². The summed E-state index contributed by atoms with van der Waals surface area (Å²) in [5.74, 6) is 1.30. The van der Waals surface area contributed by atoms with E-state index in [4.69, 9.17) is 15.7 Å². The fourth-order valence-corrected chi connectivity index (χ4v) is 2.21. The number of ether oxygens (including phenoxy) is 1. The molecule has 2 rings (SSSR count). The van der Waals surface area contributed by atoms with Crippen LogP contribution < -0.4 is 21.1 Å². The quantitative estimate of drug-likeness (QED) is 0.494. The molecular weight excluding hydrogens is 316 g/mol. The van der Waals surface area contributed by atoms with Gasteiger partial charge in [0.2, 0.25) is 0 Å². The fraction of sp³-hybridized carbons (Fsp3) is 0.263. The van der Waals surface area contributed by atoms with E-state index in [2.05, 4.69) is 16.7 Å². The van der Waals surface area contributed by atoms with E-state index in [9.17, 15) is 4.79 Å². The third-order valence-electron chi connectivity index (χ3n) is 3.50. The molecule has 130 valence electrons. The minimum absolute atomic E-state index is 0.316. The van der Waals surface area contributed by atoms with Crippen molar-refractivity contribution in [3.05, 3.63) is 48.5 Å². The van der Waals surface area contributed by atoms with Gasteiger partial charge in [-0.1, -0.05) is 24.6 Å². The maximum Gasteiger partial charge on any atom is 0.319 e. The molecule has 2 amide bonds. The van der Waals surface area contributed by atoms with Crippen LogP contribution in [0.2, 0.25) is 0 Å². The molecule has 6 heteroatoms. The fourth-order valence-electron chi connectivity index (χ4n) is 2.21. The highest BCUT2D eigenvalue weighted by Crippen LogP contribution is 2.28. The second-order valence-corrected chi connectivity index (χ2v) is 5.51. The Kier molecular flexibility index (Phi) is 7.13. The van der Waals surface area contributed by atoms with Gasteiger partial charge in [0, 0.05) is 19.0 Å². The van der Waals surface area contributed by atoms with Crippen LogP contribution in [-0.2, 0) is 0 Å². The van der Waals surface area contributed by atoms with E-state index in [0.29, 0.717) is 35.8 Å². The zero-order chi connectivity index (χ0) is 17.9. The monoisotopic (exact) mass is 338 g/mol. The Morgan fingerprint density at radius 2 is 1.88 bits per heavy atom. The Morgan fingerprint density at radius 1 is 1.08 bits per heavy atom. The molecule has 0 aromatic heterocycles. The van der Waals surface area contributed by atoms with Crippen molar-refractivity contribution in [3.63, 3.8) is 0 Å². The second kappa shape index (κ2) is 9.83. The number of amides is 2. The van der Waals surface area contributed by atoms with Crippen LogP contribution in [0, 0.1) is 11.3 Å². The third-order valence-corrected chi connectivity index (χ3v) is 3.50. The molecule has 0 unspecified atom stereocenters. The van der Waals surface area contributed by atoms with Gasteiger partial charge < -0.3 is 21.1 Å². The predicted molar refractivity (Wildman–Crippen MR) is 98.5 cm³/mol. The molecule has 0 radical (unpaired) electrons. The number of urea groups is 1. The lowest BCUT2D eigenvalue weighted by atomic mass is 10.2. The summed E-state index contributed by atoms with van der Waals surface area (Å²) in [7, 11) is 0. The number of carbonyl (C=O) groups is 1. The average Bonchev–Trinajstić information content (AvgIpc) is 2.62. The van der Waals surface area contributed by atoms with Crippen molar-refractivity contribution in [3.8, 4) is 17.6 Å². The Hall–Kier alpha value is -3.20. The number of nitriles is 1. The average molecular weight is 338 g/mol. The summed E-state index contributed by atoms with van der Waals surface area (Å²) in [6.07, 6.45) is 3.15. The lowest BCUT2D eigenvalue weighted by Crippen LogP contribution is -2.29. The molecule has 0 saturated carbocycles. The van der Waals surface area contributed by atoms with Gasteiger partial charge in [-0.15, -0.1) is 0 Å². The van der Waals surface area contributed by atoms with E-state index >= 15 is 0 Å². The lowest BCUT2D eigenvalue weighted by Gasteiger charge is -2.12. The number of rotatable bonds is 8. The van der Waals surface area contributed by atoms with E-state index in [0.717, 1.165) is 19.3 Å². The largest absolute Gasteiger partial charge is 0.457 e. The summed E-state index contributed by atoms with van der Waals surface area (Å²) in [6, 6.07) is 16.3. The number of nitrogen functional groups attached to an aromatic ring is 1. The van der Waals surface area contributed by atoms with E-state index < -0.39 is 0 Å². The third kappa shape index (κ3) is 6.43. The maximum absolute atomic E-state index is 12.0. The summed E-state index contributed by atoms with van der Waals surface area (Å²) >= 11 is 0. The van der Waals surface area contributed by atoms with Crippen LogP contribution in [0.1, 0.15) is 25.7 Å². The van der Waals surface area contributed by atoms with Crippen LogP contribution in [0.3, 0.4) is 0 Å². The van der Waals surface area contributed by atoms with Crippen molar-refractivity contribution in [1.29, 1.82) is 5.26 Å². The molecule has 0 heterocycles. The molecule has 2 aromatic rings. The maximum atomic E-state index is 12.0. The number of nitrogens with two attached hydrogens (primary N) is 1. The highest BCUT2D eigenvalue weighted by atomic mass is 16.5. The van der Waals surface area contributed by atoms with Gasteiger partial charge in [0.05, 0.1) is 17.4 Å². The molecular formula is C19H22N4O2. The first-order valence-electron chi connectivity index (χ1n) is 8.23. The lowest BCUT2D eigenvalue weighted by molar-refractivity contribution is 0.252. The minimum Gasteiger partial charge on any atom is -0.457 e. The van der Waals surface area contributed by atoms with Crippen molar-refractivity contribution in [2.24, 2.45) is 0 Å². The Balaban J connectivity index is 1.85. The number of nitrogens with one attached hydrogen (secondary N) is 2. The SMILES string of the molecule is N#CCCCCCNC(=O)Nc1cc(Oc2ccccc2)ccc1N. The zero-order valence-electron chi connectivity index (χ0n) is 14.0. The Labute approximate surface area is 147 Å². The predicted octanol–water partition coefficient (Wildman–Crippen LogP) is 4.27. The summed E-state index contributed by atoms with van der Waals surface area (Å²) in [6.45, 7) is 0.553. The van der Waals surface area contributed by atoms with Gasteiger partial charge in [0.1, 0.15) is 11.5 Å². The Morgan fingerprint density at radius 3 is 2.64 bits per heavy atom. The van der Waals surface area contributed by atoms with Crippen LogP contribution in [0.5, 0.6) is 11.5 Å². The smallest absolute Gasteiger partial charge is 0.319 e. The molecule has 0 atom stereocenters. The van der Waals surface area contributed by atoms with Crippen LogP contribution >= 0.6 is 0 Å². The Bertz CT molecular complexity index is 726. The normalized spacial score (nSPS) is 9.88. The van der Waals surface area contributed by atoms with Gasteiger partial charge in [-0.3, -0.25) is 0 Å². The number of unbranched alkanes of at least 4 members (excludes halogenated alkanes) is 3. The summed E-state index contributed by atoms with van der Waals surface area (Å²) in [4.78, 5) is 12.0. The van der Waals surface area contributed by atoms with Crippen LogP contribution in [0.15, 0.2) is 48.5 Å². The van der Waals surface area contributed by atoms with E-state index in [1.165, 1.54) is 0 Å². The molecule has 0 aliphatic carbocycles. The standard InChI is InChI=1S/C19H22N4O2/c20-12-6-1-2-7-13-22-19(24)23-18-14-16(10-11-17(18)21)25-15-8-4-3-5-9-15/h3-5,8-11,14H,1-2,6-7,13,21H2,(H2,22,23,24). The number of nitrogens with zero attached hydrogens (tertiary/aromatic N) is 1. The molecule has 4 N–H and O–H groups in total. The molecule has 25 heavy (non-hydrogen) atoms. The summed E-state index contributed by atoms with van der Waals surface area (Å²) in [5, 5.41) is 14.0. The topological polar surface area (TPSA) is 100 Å². The number of benzene rings is 2. The van der Waals surface area contributed by atoms with E-state index in [-0.39, 0.29) is 6.03 Å². The van der Waals surface area contributed by atoms with Crippen molar-refractivity contribution in [2.75, 3.05) is 17.6 Å². The van der Waals surface area contributed by atoms with Gasteiger partial charge in [-0.25, -0.2) is 4.79 Å². The van der Waals surface area contributed by atoms with E-state index in [1.54, 1.807) is 18.2 Å². The van der Waals surface area contributed by atoms with Crippen LogP contribution in [0.4, 0.5) is 16.2 Å². The summed E-state index contributed by atoms with van der Waals surface area (Å²) in [5.41, 5.74) is 6.87. The molecule has 0 aliphatic heterocycles. The van der Waals surface area contributed by atoms with Crippen molar-refractivity contribution in [2.45, 2.75) is 25.7 Å². The second-order valence-electron chi connectivity index (χ2n) is 5.51. The first-order valence-corrected chi connectivity index (χ1v) is 8.23. The highest BCUT2D eigenvalue weighted by molar-refractivity contribution is 5.92.